The third-order valence-electron chi connectivity index (χ3n) is 2.92. The summed E-state index contributed by atoms with van der Waals surface area (Å²) >= 11 is 0. The van der Waals surface area contributed by atoms with Crippen LogP contribution in [0.1, 0.15) is 36.6 Å². The molecule has 0 aliphatic rings. The fraction of sp³-hybridized carbons (Fsp3) is 0.267. The molecule has 0 fully saturated rings. The fourth-order valence-corrected chi connectivity index (χ4v) is 1.80. The first-order valence-electron chi connectivity index (χ1n) is 5.98. The first kappa shape index (κ1) is 12.6. The number of halogens is 1. The summed E-state index contributed by atoms with van der Waals surface area (Å²) in [6.45, 7) is 4.27. The quantitative estimate of drug-likeness (QED) is 0.895. The number of pyridine rings is 1. The van der Waals surface area contributed by atoms with E-state index in [1.807, 2.05) is 12.1 Å². The van der Waals surface area contributed by atoms with Crippen LogP contribution in [-0.4, -0.2) is 10.1 Å². The van der Waals surface area contributed by atoms with Gasteiger partial charge in [-0.3, -0.25) is 4.98 Å². The minimum Gasteiger partial charge on any atom is -0.506 e. The molecule has 0 aliphatic carbocycles. The predicted molar refractivity (Wildman–Crippen MR) is 69.2 cm³/mol. The van der Waals surface area contributed by atoms with Gasteiger partial charge in [0.15, 0.2) is 0 Å². The average molecular weight is 245 g/mol. The highest BCUT2D eigenvalue weighted by molar-refractivity contribution is 5.29. The third kappa shape index (κ3) is 2.86. The van der Waals surface area contributed by atoms with Crippen molar-refractivity contribution in [1.82, 2.24) is 4.98 Å². The molecule has 3 heteroatoms. The number of rotatable bonds is 3. The molecule has 2 rings (SSSR count). The van der Waals surface area contributed by atoms with E-state index in [4.69, 9.17) is 5.11 Å². The van der Waals surface area contributed by atoms with Crippen molar-refractivity contribution >= 4 is 0 Å². The van der Waals surface area contributed by atoms with Crippen molar-refractivity contribution in [2.75, 3.05) is 0 Å². The van der Waals surface area contributed by atoms with Crippen molar-refractivity contribution in [2.45, 2.75) is 26.2 Å². The van der Waals surface area contributed by atoms with E-state index >= 15 is 0 Å². The van der Waals surface area contributed by atoms with Gasteiger partial charge in [0, 0.05) is 12.5 Å². The maximum atomic E-state index is 13.5. The molecule has 2 nitrogen and oxygen atoms in total. The fourth-order valence-electron chi connectivity index (χ4n) is 1.80. The standard InChI is InChI=1S/C15H16FNO/c1-10(2)12-5-3-11(4-6-12)7-15-14(16)8-13(18)9-17-15/h3-6,8-10,18H,7H2,1-2H3. The van der Waals surface area contributed by atoms with E-state index in [1.165, 1.54) is 11.8 Å². The molecule has 0 amide bonds. The van der Waals surface area contributed by atoms with Gasteiger partial charge in [-0.1, -0.05) is 38.1 Å². The predicted octanol–water partition coefficient (Wildman–Crippen LogP) is 3.64. The second-order valence-corrected chi connectivity index (χ2v) is 4.70. The molecule has 18 heavy (non-hydrogen) atoms. The van der Waals surface area contributed by atoms with Crippen LogP contribution >= 0.6 is 0 Å². The molecule has 0 saturated heterocycles. The van der Waals surface area contributed by atoms with Gasteiger partial charge in [0.1, 0.15) is 11.6 Å². The summed E-state index contributed by atoms with van der Waals surface area (Å²) in [5.74, 6) is -0.128. The first-order chi connectivity index (χ1) is 8.56. The molecule has 0 aliphatic heterocycles. The van der Waals surface area contributed by atoms with Gasteiger partial charge in [0.05, 0.1) is 11.9 Å². The lowest BCUT2D eigenvalue weighted by Crippen LogP contribution is -1.97. The smallest absolute Gasteiger partial charge is 0.148 e. The Balaban J connectivity index is 2.18. The van der Waals surface area contributed by atoms with Gasteiger partial charge in [-0.15, -0.1) is 0 Å². The topological polar surface area (TPSA) is 33.1 Å². The van der Waals surface area contributed by atoms with Crippen LogP contribution in [0.2, 0.25) is 0 Å². The van der Waals surface area contributed by atoms with Crippen LogP contribution in [0.5, 0.6) is 5.75 Å². The molecular weight excluding hydrogens is 229 g/mol. The molecule has 1 aromatic heterocycles. The highest BCUT2D eigenvalue weighted by atomic mass is 19.1. The molecule has 2 aromatic rings. The third-order valence-corrected chi connectivity index (χ3v) is 2.92. The van der Waals surface area contributed by atoms with Crippen LogP contribution in [0.25, 0.3) is 0 Å². The largest absolute Gasteiger partial charge is 0.506 e. The molecular formula is C15H16FNO. The lowest BCUT2D eigenvalue weighted by molar-refractivity contribution is 0.463. The Kier molecular flexibility index (Phi) is 3.60. The Morgan fingerprint density at radius 1 is 1.22 bits per heavy atom. The molecule has 0 spiro atoms. The number of benzene rings is 1. The van der Waals surface area contributed by atoms with Crippen molar-refractivity contribution < 1.29 is 9.50 Å². The zero-order valence-electron chi connectivity index (χ0n) is 10.5. The van der Waals surface area contributed by atoms with Crippen LogP contribution in [0.3, 0.4) is 0 Å². The summed E-state index contributed by atoms with van der Waals surface area (Å²) in [6, 6.07) is 9.17. The maximum absolute atomic E-state index is 13.5. The highest BCUT2D eigenvalue weighted by Gasteiger charge is 2.06. The van der Waals surface area contributed by atoms with Crippen LogP contribution < -0.4 is 0 Å². The zero-order valence-corrected chi connectivity index (χ0v) is 10.5. The van der Waals surface area contributed by atoms with Crippen molar-refractivity contribution in [3.05, 3.63) is 59.2 Å². The van der Waals surface area contributed by atoms with Gasteiger partial charge in [0.25, 0.3) is 0 Å². The van der Waals surface area contributed by atoms with Gasteiger partial charge in [-0.2, -0.15) is 0 Å². The molecule has 1 aromatic carbocycles. The second-order valence-electron chi connectivity index (χ2n) is 4.70. The number of hydrogen-bond donors (Lipinski definition) is 1. The molecule has 1 N–H and O–H groups in total. The molecule has 1 heterocycles. The maximum Gasteiger partial charge on any atom is 0.148 e. The number of hydrogen-bond acceptors (Lipinski definition) is 2. The van der Waals surface area contributed by atoms with Crippen LogP contribution in [0.15, 0.2) is 36.5 Å². The molecule has 0 radical (unpaired) electrons. The van der Waals surface area contributed by atoms with Gasteiger partial charge in [-0.05, 0) is 17.0 Å². The summed E-state index contributed by atoms with van der Waals surface area (Å²) in [5.41, 5.74) is 2.62. The van der Waals surface area contributed by atoms with Crippen molar-refractivity contribution in [1.29, 1.82) is 0 Å². The SMILES string of the molecule is CC(C)c1ccc(Cc2ncc(O)cc2F)cc1. The zero-order chi connectivity index (χ0) is 13.1. The van der Waals surface area contributed by atoms with Crippen molar-refractivity contribution in [3.8, 4) is 5.75 Å². The molecule has 0 bridgehead atoms. The molecule has 0 unspecified atom stereocenters. The average Bonchev–Trinajstić information content (AvgIpc) is 2.33. The lowest BCUT2D eigenvalue weighted by atomic mass is 10.00. The van der Waals surface area contributed by atoms with E-state index in [1.54, 1.807) is 0 Å². The Labute approximate surface area is 106 Å². The number of nitrogens with zero attached hydrogens (tertiary/aromatic N) is 1. The molecule has 0 atom stereocenters. The normalized spacial score (nSPS) is 10.9. The first-order valence-corrected chi connectivity index (χ1v) is 5.98. The summed E-state index contributed by atoms with van der Waals surface area (Å²) < 4.78 is 13.5. The number of aromatic hydroxyl groups is 1. The molecule has 94 valence electrons. The van der Waals surface area contributed by atoms with Crippen LogP contribution in [-0.2, 0) is 6.42 Å². The Morgan fingerprint density at radius 3 is 2.44 bits per heavy atom. The highest BCUT2D eigenvalue weighted by Crippen LogP contribution is 2.18. The van der Waals surface area contributed by atoms with E-state index in [9.17, 15) is 4.39 Å². The summed E-state index contributed by atoms with van der Waals surface area (Å²) in [5, 5.41) is 9.10. The van der Waals surface area contributed by atoms with E-state index in [2.05, 4.69) is 31.0 Å². The number of aromatic nitrogens is 1. The van der Waals surface area contributed by atoms with Gasteiger partial charge in [0.2, 0.25) is 0 Å². The second kappa shape index (κ2) is 5.17. The van der Waals surface area contributed by atoms with Crippen LogP contribution in [0.4, 0.5) is 4.39 Å². The van der Waals surface area contributed by atoms with Crippen LogP contribution in [0, 0.1) is 5.82 Å². The van der Waals surface area contributed by atoms with Crippen molar-refractivity contribution in [3.63, 3.8) is 0 Å². The lowest BCUT2D eigenvalue weighted by Gasteiger charge is -2.07. The van der Waals surface area contributed by atoms with E-state index in [0.717, 1.165) is 11.6 Å². The van der Waals surface area contributed by atoms with Gasteiger partial charge < -0.3 is 5.11 Å². The Morgan fingerprint density at radius 2 is 1.89 bits per heavy atom. The Bertz CT molecular complexity index is 535. The van der Waals surface area contributed by atoms with Gasteiger partial charge >= 0.3 is 0 Å². The summed E-state index contributed by atoms with van der Waals surface area (Å²) in [4.78, 5) is 3.91. The minimum absolute atomic E-state index is 0.147. The summed E-state index contributed by atoms with van der Waals surface area (Å²) in [7, 11) is 0. The van der Waals surface area contributed by atoms with Crippen molar-refractivity contribution in [2.24, 2.45) is 0 Å². The van der Waals surface area contributed by atoms with E-state index in [0.29, 0.717) is 18.0 Å². The van der Waals surface area contributed by atoms with Gasteiger partial charge in [-0.25, -0.2) is 4.39 Å². The van der Waals surface area contributed by atoms with E-state index in [-0.39, 0.29) is 5.75 Å². The van der Waals surface area contributed by atoms with E-state index < -0.39 is 5.82 Å². The summed E-state index contributed by atoms with van der Waals surface area (Å²) in [6.07, 6.45) is 1.70. The monoisotopic (exact) mass is 245 g/mol. The Hall–Kier alpha value is -1.90. The molecule has 0 saturated carbocycles. The minimum atomic E-state index is -0.470.